The number of carbonyl (C=O) groups is 3. The van der Waals surface area contributed by atoms with Gasteiger partial charge in [-0.2, -0.15) is 5.10 Å². The van der Waals surface area contributed by atoms with Gasteiger partial charge in [-0.15, -0.1) is 11.3 Å². The predicted octanol–water partition coefficient (Wildman–Crippen LogP) is 3.75. The standard InChI is InChI=1S/C24H28N4O5S/c1-5-7-10-13-28-23(31)16-12-9-8-11-15(16)18(27-28)20(29)26-22-17(24(32)33-6-2)14(3)19(34-22)21(30)25-4/h8-9,11-12H,5-7,10,13H2,1-4H3,(H,25,30)(H,26,29). The van der Waals surface area contributed by atoms with E-state index in [2.05, 4.69) is 22.7 Å². The number of hydrogen-bond donors (Lipinski definition) is 2. The van der Waals surface area contributed by atoms with E-state index in [9.17, 15) is 19.2 Å². The number of carbonyl (C=O) groups excluding carboxylic acids is 3. The molecule has 0 aliphatic rings. The van der Waals surface area contributed by atoms with Gasteiger partial charge >= 0.3 is 5.97 Å². The third-order valence-electron chi connectivity index (χ3n) is 5.34. The maximum Gasteiger partial charge on any atom is 0.341 e. The van der Waals surface area contributed by atoms with Crippen LogP contribution >= 0.6 is 11.3 Å². The molecule has 10 heteroatoms. The number of aromatic nitrogens is 2. The lowest BCUT2D eigenvalue weighted by atomic mass is 10.1. The van der Waals surface area contributed by atoms with Gasteiger partial charge in [-0.05, 0) is 31.9 Å². The molecule has 1 aromatic carbocycles. The summed E-state index contributed by atoms with van der Waals surface area (Å²) in [6.45, 7) is 5.91. The van der Waals surface area contributed by atoms with E-state index in [-0.39, 0.29) is 34.3 Å². The van der Waals surface area contributed by atoms with Gasteiger partial charge in [-0.3, -0.25) is 14.4 Å². The summed E-state index contributed by atoms with van der Waals surface area (Å²) in [7, 11) is 1.49. The van der Waals surface area contributed by atoms with Gasteiger partial charge in [0.2, 0.25) is 0 Å². The van der Waals surface area contributed by atoms with Crippen molar-refractivity contribution in [3.05, 3.63) is 56.3 Å². The summed E-state index contributed by atoms with van der Waals surface area (Å²) in [5.74, 6) is -1.60. The van der Waals surface area contributed by atoms with Crippen LogP contribution in [0.25, 0.3) is 10.8 Å². The Bertz CT molecular complexity index is 1290. The maximum atomic E-state index is 13.4. The number of nitrogens with zero attached hydrogens (tertiary/aromatic N) is 2. The molecule has 0 atom stereocenters. The van der Waals surface area contributed by atoms with Crippen LogP contribution in [0, 0.1) is 6.92 Å². The minimum Gasteiger partial charge on any atom is -0.462 e. The Morgan fingerprint density at radius 2 is 1.79 bits per heavy atom. The SMILES string of the molecule is CCCCCn1nc(C(=O)Nc2sc(C(=O)NC)c(C)c2C(=O)OCC)c2ccccc2c1=O. The van der Waals surface area contributed by atoms with Gasteiger partial charge < -0.3 is 15.4 Å². The third-order valence-corrected chi connectivity index (χ3v) is 6.55. The van der Waals surface area contributed by atoms with E-state index in [1.165, 1.54) is 11.7 Å². The summed E-state index contributed by atoms with van der Waals surface area (Å²) in [4.78, 5) is 51.5. The summed E-state index contributed by atoms with van der Waals surface area (Å²) in [5.41, 5.74) is 0.346. The maximum absolute atomic E-state index is 13.4. The number of aryl methyl sites for hydroxylation is 1. The monoisotopic (exact) mass is 484 g/mol. The van der Waals surface area contributed by atoms with E-state index >= 15 is 0 Å². The van der Waals surface area contributed by atoms with E-state index < -0.39 is 11.9 Å². The second-order valence-corrected chi connectivity index (χ2v) is 8.66. The second kappa shape index (κ2) is 11.1. The number of ether oxygens (including phenoxy) is 1. The van der Waals surface area contributed by atoms with Gasteiger partial charge in [0, 0.05) is 19.0 Å². The van der Waals surface area contributed by atoms with Crippen molar-refractivity contribution in [1.29, 1.82) is 0 Å². The minimum absolute atomic E-state index is 0.0639. The molecule has 2 heterocycles. The number of hydrogen-bond acceptors (Lipinski definition) is 7. The zero-order chi connectivity index (χ0) is 24.8. The number of thiophene rings is 1. The Morgan fingerprint density at radius 3 is 2.44 bits per heavy atom. The zero-order valence-electron chi connectivity index (χ0n) is 19.7. The average molecular weight is 485 g/mol. The summed E-state index contributed by atoms with van der Waals surface area (Å²) in [6, 6.07) is 6.79. The molecule has 2 aromatic heterocycles. The van der Waals surface area contributed by atoms with Crippen LogP contribution in [0.3, 0.4) is 0 Å². The Kier molecular flexibility index (Phi) is 8.17. The zero-order valence-corrected chi connectivity index (χ0v) is 20.5. The van der Waals surface area contributed by atoms with E-state index in [1.54, 1.807) is 38.1 Å². The largest absolute Gasteiger partial charge is 0.462 e. The van der Waals surface area contributed by atoms with Crippen molar-refractivity contribution in [3.63, 3.8) is 0 Å². The fourth-order valence-electron chi connectivity index (χ4n) is 3.61. The van der Waals surface area contributed by atoms with E-state index in [0.717, 1.165) is 30.6 Å². The Labute approximate surface area is 201 Å². The summed E-state index contributed by atoms with van der Waals surface area (Å²) >= 11 is 0.984. The first kappa shape index (κ1) is 25.1. The van der Waals surface area contributed by atoms with Crippen molar-refractivity contribution in [2.24, 2.45) is 0 Å². The quantitative estimate of drug-likeness (QED) is 0.353. The van der Waals surface area contributed by atoms with Crippen molar-refractivity contribution < 1.29 is 19.1 Å². The molecule has 3 rings (SSSR count). The molecule has 0 aliphatic carbocycles. The molecule has 0 fully saturated rings. The summed E-state index contributed by atoms with van der Waals surface area (Å²) in [5, 5.41) is 10.6. The highest BCUT2D eigenvalue weighted by molar-refractivity contribution is 7.18. The van der Waals surface area contributed by atoms with E-state index in [4.69, 9.17) is 4.74 Å². The minimum atomic E-state index is -0.635. The Morgan fingerprint density at radius 1 is 1.09 bits per heavy atom. The molecule has 3 aromatic rings. The smallest absolute Gasteiger partial charge is 0.341 e. The predicted molar refractivity (Wildman–Crippen MR) is 132 cm³/mol. The number of amides is 2. The molecule has 0 saturated carbocycles. The Balaban J connectivity index is 2.08. The number of unbranched alkanes of at least 4 members (excludes halogenated alkanes) is 2. The van der Waals surface area contributed by atoms with E-state index in [1.807, 2.05) is 0 Å². The van der Waals surface area contributed by atoms with Gasteiger partial charge in [0.1, 0.15) is 5.00 Å². The highest BCUT2D eigenvalue weighted by atomic mass is 32.1. The first-order valence-electron chi connectivity index (χ1n) is 11.2. The number of nitrogens with one attached hydrogen (secondary N) is 2. The second-order valence-electron chi connectivity index (χ2n) is 7.64. The van der Waals surface area contributed by atoms with Crippen LogP contribution in [0.4, 0.5) is 5.00 Å². The topological polar surface area (TPSA) is 119 Å². The van der Waals surface area contributed by atoms with Crippen LogP contribution in [0.1, 0.15) is 69.2 Å². The molecule has 0 spiro atoms. The molecule has 0 radical (unpaired) electrons. The summed E-state index contributed by atoms with van der Waals surface area (Å²) < 4.78 is 6.46. The van der Waals surface area contributed by atoms with Crippen molar-refractivity contribution in [2.75, 3.05) is 19.0 Å². The van der Waals surface area contributed by atoms with Crippen LogP contribution in [0.15, 0.2) is 29.1 Å². The van der Waals surface area contributed by atoms with Crippen LogP contribution in [-0.2, 0) is 11.3 Å². The molecule has 9 nitrogen and oxygen atoms in total. The van der Waals surface area contributed by atoms with Crippen molar-refractivity contribution in [3.8, 4) is 0 Å². The molecular formula is C24H28N4O5S. The lowest BCUT2D eigenvalue weighted by Crippen LogP contribution is -2.28. The van der Waals surface area contributed by atoms with Crippen LogP contribution < -0.4 is 16.2 Å². The molecule has 0 bridgehead atoms. The Hall–Kier alpha value is -3.53. The molecule has 34 heavy (non-hydrogen) atoms. The van der Waals surface area contributed by atoms with Crippen molar-refractivity contribution in [1.82, 2.24) is 15.1 Å². The number of rotatable bonds is 9. The van der Waals surface area contributed by atoms with Crippen LogP contribution in [0.2, 0.25) is 0 Å². The fourth-order valence-corrected chi connectivity index (χ4v) is 4.75. The molecule has 2 amide bonds. The molecular weight excluding hydrogens is 456 g/mol. The van der Waals surface area contributed by atoms with Crippen molar-refractivity contribution >= 4 is 44.9 Å². The number of fused-ring (bicyclic) bond motifs is 1. The van der Waals surface area contributed by atoms with Gasteiger partial charge in [-0.1, -0.05) is 38.0 Å². The lowest BCUT2D eigenvalue weighted by Gasteiger charge is -2.11. The van der Waals surface area contributed by atoms with Crippen LogP contribution in [-0.4, -0.2) is 41.2 Å². The first-order valence-corrected chi connectivity index (χ1v) is 12.0. The number of anilines is 1. The fraction of sp³-hybridized carbons (Fsp3) is 0.375. The summed E-state index contributed by atoms with van der Waals surface area (Å²) in [6.07, 6.45) is 2.68. The highest BCUT2D eigenvalue weighted by Crippen LogP contribution is 2.34. The average Bonchev–Trinajstić information content (AvgIpc) is 3.15. The molecule has 2 N–H and O–H groups in total. The molecule has 0 unspecified atom stereocenters. The molecule has 180 valence electrons. The molecule has 0 saturated heterocycles. The van der Waals surface area contributed by atoms with Gasteiger partial charge in [0.05, 0.1) is 22.4 Å². The van der Waals surface area contributed by atoms with Gasteiger partial charge in [-0.25, -0.2) is 9.48 Å². The van der Waals surface area contributed by atoms with Gasteiger partial charge in [0.15, 0.2) is 5.69 Å². The number of benzene rings is 1. The molecule has 0 aliphatic heterocycles. The van der Waals surface area contributed by atoms with Crippen molar-refractivity contribution in [2.45, 2.75) is 46.6 Å². The normalized spacial score (nSPS) is 10.8. The lowest BCUT2D eigenvalue weighted by molar-refractivity contribution is 0.0527. The van der Waals surface area contributed by atoms with Crippen LogP contribution in [0.5, 0.6) is 0 Å². The first-order chi connectivity index (χ1) is 16.3. The highest BCUT2D eigenvalue weighted by Gasteiger charge is 2.27. The third kappa shape index (κ3) is 5.01. The van der Waals surface area contributed by atoms with E-state index in [0.29, 0.717) is 27.8 Å². The number of esters is 1. The van der Waals surface area contributed by atoms with Gasteiger partial charge in [0.25, 0.3) is 17.4 Å².